The summed E-state index contributed by atoms with van der Waals surface area (Å²) in [4.78, 5) is 37.5. The SMILES string of the molecule is CC(C)(C)CC(C)(C)CNC(=O)C(C)(C)CCOC(C)(C)CCNC(O)CCC(NC(=O)C(C)(C)CC(C)(C)C)C(=O)O. The van der Waals surface area contributed by atoms with Crippen LogP contribution in [0.1, 0.15) is 135 Å². The highest BCUT2D eigenvalue weighted by Crippen LogP contribution is 2.34. The summed E-state index contributed by atoms with van der Waals surface area (Å²) >= 11 is 0. The third-order valence-electron chi connectivity index (χ3n) is 7.60. The van der Waals surface area contributed by atoms with Crippen LogP contribution in [0.3, 0.4) is 0 Å². The van der Waals surface area contributed by atoms with E-state index < -0.39 is 34.7 Å². The van der Waals surface area contributed by atoms with E-state index in [0.29, 0.717) is 39.0 Å². The Morgan fingerprint density at radius 3 is 1.74 bits per heavy atom. The zero-order valence-electron chi connectivity index (χ0n) is 30.0. The minimum absolute atomic E-state index is 0.00548. The zero-order valence-corrected chi connectivity index (χ0v) is 30.0. The molecule has 0 aromatic carbocycles. The van der Waals surface area contributed by atoms with Crippen molar-refractivity contribution in [2.75, 3.05) is 19.7 Å². The van der Waals surface area contributed by atoms with Crippen LogP contribution in [0.25, 0.3) is 0 Å². The molecule has 0 spiro atoms. The van der Waals surface area contributed by atoms with Crippen molar-refractivity contribution in [3.63, 3.8) is 0 Å². The van der Waals surface area contributed by atoms with Gasteiger partial charge >= 0.3 is 5.97 Å². The molecule has 9 heteroatoms. The number of rotatable bonds is 19. The predicted octanol–water partition coefficient (Wildman–Crippen LogP) is 5.89. The molecule has 0 saturated heterocycles. The van der Waals surface area contributed by atoms with Crippen molar-refractivity contribution in [3.8, 4) is 0 Å². The number of ether oxygens (including phenoxy) is 1. The van der Waals surface area contributed by atoms with E-state index in [2.05, 4.69) is 50.6 Å². The first-order valence-corrected chi connectivity index (χ1v) is 16.0. The van der Waals surface area contributed by atoms with E-state index >= 15 is 0 Å². The minimum atomic E-state index is -1.12. The fourth-order valence-electron chi connectivity index (χ4n) is 5.81. The number of aliphatic hydroxyl groups excluding tert-OH is 1. The minimum Gasteiger partial charge on any atom is -0.480 e. The fraction of sp³-hybridized carbons (Fsp3) is 0.912. The number of amides is 2. The maximum atomic E-state index is 12.9. The van der Waals surface area contributed by atoms with Crippen LogP contribution in [0.4, 0.5) is 0 Å². The summed E-state index contributed by atoms with van der Waals surface area (Å²) in [7, 11) is 0. The number of aliphatic carboxylic acids is 1. The molecule has 2 amide bonds. The highest BCUT2D eigenvalue weighted by Gasteiger charge is 2.35. The molecule has 0 heterocycles. The van der Waals surface area contributed by atoms with Crippen LogP contribution >= 0.6 is 0 Å². The maximum Gasteiger partial charge on any atom is 0.326 e. The number of nitrogens with one attached hydrogen (secondary N) is 3. The van der Waals surface area contributed by atoms with Crippen molar-refractivity contribution < 1.29 is 29.3 Å². The van der Waals surface area contributed by atoms with Crippen molar-refractivity contribution in [1.82, 2.24) is 16.0 Å². The van der Waals surface area contributed by atoms with Crippen LogP contribution in [0, 0.1) is 27.1 Å². The van der Waals surface area contributed by atoms with Crippen LogP contribution in [-0.2, 0) is 19.1 Å². The third kappa shape index (κ3) is 18.6. The van der Waals surface area contributed by atoms with Gasteiger partial charge in [0.15, 0.2) is 0 Å². The Balaban J connectivity index is 4.64. The van der Waals surface area contributed by atoms with E-state index in [4.69, 9.17) is 4.74 Å². The molecule has 5 N–H and O–H groups in total. The number of carbonyl (C=O) groups is 3. The molecule has 2 atom stereocenters. The first-order chi connectivity index (χ1) is 19.1. The van der Waals surface area contributed by atoms with Crippen molar-refractivity contribution in [1.29, 1.82) is 0 Å². The van der Waals surface area contributed by atoms with E-state index in [1.165, 1.54) is 0 Å². The molecule has 0 radical (unpaired) electrons. The van der Waals surface area contributed by atoms with Gasteiger partial charge in [0, 0.05) is 30.5 Å². The molecular weight excluding hydrogens is 546 g/mol. The molecule has 2 unspecified atom stereocenters. The van der Waals surface area contributed by atoms with Crippen LogP contribution < -0.4 is 16.0 Å². The number of hydrogen-bond donors (Lipinski definition) is 5. The van der Waals surface area contributed by atoms with Gasteiger partial charge in [-0.25, -0.2) is 4.79 Å². The summed E-state index contributed by atoms with van der Waals surface area (Å²) in [5.41, 5.74) is -1.65. The molecule has 0 rings (SSSR count). The Hall–Kier alpha value is -1.71. The van der Waals surface area contributed by atoms with Crippen LogP contribution in [0.2, 0.25) is 0 Å². The lowest BCUT2D eigenvalue weighted by Gasteiger charge is -2.34. The average molecular weight is 614 g/mol. The fourth-order valence-corrected chi connectivity index (χ4v) is 5.81. The van der Waals surface area contributed by atoms with Gasteiger partial charge < -0.3 is 25.6 Å². The Morgan fingerprint density at radius 2 is 1.26 bits per heavy atom. The molecule has 0 bridgehead atoms. The Morgan fingerprint density at radius 1 is 0.721 bits per heavy atom. The molecular formula is C34H67N3O6. The van der Waals surface area contributed by atoms with Crippen molar-refractivity contribution >= 4 is 17.8 Å². The number of carbonyl (C=O) groups excluding carboxylic acids is 2. The highest BCUT2D eigenvalue weighted by molar-refractivity contribution is 5.87. The lowest BCUT2D eigenvalue weighted by molar-refractivity contribution is -0.144. The van der Waals surface area contributed by atoms with Crippen molar-refractivity contribution in [2.45, 2.75) is 153 Å². The van der Waals surface area contributed by atoms with Gasteiger partial charge in [-0.2, -0.15) is 0 Å². The molecule has 254 valence electrons. The Kier molecular flexibility index (Phi) is 15.4. The van der Waals surface area contributed by atoms with E-state index in [1.807, 2.05) is 62.3 Å². The number of carboxylic acid groups (broad SMARTS) is 1. The molecule has 0 aliphatic rings. The Bertz CT molecular complexity index is 897. The second kappa shape index (κ2) is 16.0. The van der Waals surface area contributed by atoms with Crippen molar-refractivity contribution in [2.24, 2.45) is 27.1 Å². The number of hydrogen-bond acceptors (Lipinski definition) is 6. The Labute approximate surface area is 263 Å². The molecule has 0 aliphatic carbocycles. The third-order valence-corrected chi connectivity index (χ3v) is 7.60. The van der Waals surface area contributed by atoms with Gasteiger partial charge in [0.2, 0.25) is 11.8 Å². The maximum absolute atomic E-state index is 12.9. The normalized spacial score (nSPS) is 15.1. The lowest BCUT2D eigenvalue weighted by Crippen LogP contribution is -2.48. The summed E-state index contributed by atoms with van der Waals surface area (Å²) in [5, 5.41) is 28.9. The van der Waals surface area contributed by atoms with Crippen LogP contribution in [0.5, 0.6) is 0 Å². The zero-order chi connectivity index (χ0) is 34.1. The highest BCUT2D eigenvalue weighted by atomic mass is 16.5. The van der Waals surface area contributed by atoms with Gasteiger partial charge in [-0.05, 0) is 68.6 Å². The van der Waals surface area contributed by atoms with Gasteiger partial charge in [0.05, 0.1) is 5.60 Å². The molecule has 0 aromatic heterocycles. The standard InChI is InChI=1S/C34H67N3O6/c1-29(2,3)21-31(7,8)23-36-27(41)32(9,10)18-20-43-34(13,14)17-19-35-25(38)16-15-24(26(39)40)37-28(42)33(11,12)22-30(4,5)6/h24-25,35,38H,15-23H2,1-14H3,(H,36,41)(H,37,42)(H,39,40). The van der Waals surface area contributed by atoms with E-state index in [1.54, 1.807) is 0 Å². The largest absolute Gasteiger partial charge is 0.480 e. The second-order valence-electron chi connectivity index (χ2n) is 17.6. The van der Waals surface area contributed by atoms with Crippen molar-refractivity contribution in [3.05, 3.63) is 0 Å². The summed E-state index contributed by atoms with van der Waals surface area (Å²) < 4.78 is 6.12. The predicted molar refractivity (Wildman–Crippen MR) is 175 cm³/mol. The number of aliphatic hydroxyl groups is 1. The average Bonchev–Trinajstić information content (AvgIpc) is 2.76. The molecule has 0 fully saturated rings. The molecule has 9 nitrogen and oxygen atoms in total. The summed E-state index contributed by atoms with van der Waals surface area (Å²) in [6, 6.07) is -1.08. The van der Waals surface area contributed by atoms with Crippen LogP contribution in [-0.4, -0.2) is 65.6 Å². The first-order valence-electron chi connectivity index (χ1n) is 16.0. The topological polar surface area (TPSA) is 137 Å². The monoisotopic (exact) mass is 614 g/mol. The van der Waals surface area contributed by atoms with E-state index in [-0.39, 0.29) is 40.9 Å². The van der Waals surface area contributed by atoms with Gasteiger partial charge in [-0.1, -0.05) is 83.1 Å². The van der Waals surface area contributed by atoms with E-state index in [9.17, 15) is 24.6 Å². The van der Waals surface area contributed by atoms with Gasteiger partial charge in [-0.15, -0.1) is 0 Å². The molecule has 0 aliphatic heterocycles. The molecule has 0 aromatic rings. The quantitative estimate of drug-likeness (QED) is 0.115. The van der Waals surface area contributed by atoms with E-state index in [0.717, 1.165) is 6.42 Å². The summed E-state index contributed by atoms with van der Waals surface area (Å²) in [6.07, 6.45) is 2.17. The van der Waals surface area contributed by atoms with Gasteiger partial charge in [0.1, 0.15) is 12.3 Å². The van der Waals surface area contributed by atoms with Gasteiger partial charge in [-0.3, -0.25) is 14.9 Å². The summed E-state index contributed by atoms with van der Waals surface area (Å²) in [6.45, 7) is 30.1. The smallest absolute Gasteiger partial charge is 0.326 e. The van der Waals surface area contributed by atoms with Crippen LogP contribution in [0.15, 0.2) is 0 Å². The van der Waals surface area contributed by atoms with Gasteiger partial charge in [0.25, 0.3) is 0 Å². The lowest BCUT2D eigenvalue weighted by atomic mass is 9.75. The number of carboxylic acids is 1. The molecule has 0 saturated carbocycles. The second-order valence-corrected chi connectivity index (χ2v) is 17.6. The summed E-state index contributed by atoms with van der Waals surface area (Å²) in [5.74, 6) is -1.40. The molecule has 43 heavy (non-hydrogen) atoms. The first kappa shape index (κ1) is 41.3.